The second-order valence-corrected chi connectivity index (χ2v) is 10.3. The molecule has 0 fully saturated rings. The third kappa shape index (κ3) is 4.71. The van der Waals surface area contributed by atoms with Crippen LogP contribution in [0.3, 0.4) is 0 Å². The van der Waals surface area contributed by atoms with Crippen LogP contribution >= 0.6 is 0 Å². The number of halogens is 3. The molecule has 31 heavy (non-hydrogen) atoms. The summed E-state index contributed by atoms with van der Waals surface area (Å²) in [5.74, 6) is -3.82. The van der Waals surface area contributed by atoms with Crippen molar-refractivity contribution in [2.45, 2.75) is 12.1 Å². The number of allylic oxidation sites excluding steroid dienone is 1. The van der Waals surface area contributed by atoms with Crippen molar-refractivity contribution in [3.05, 3.63) is 66.8 Å². The Balaban J connectivity index is 3.16. The maximum absolute atomic E-state index is 13.6. The van der Waals surface area contributed by atoms with E-state index in [2.05, 4.69) is 4.74 Å². The minimum Gasteiger partial charge on any atom is -0.466 e. The molecule has 1 heterocycles. The van der Waals surface area contributed by atoms with Crippen LogP contribution in [-0.2, 0) is 35.4 Å². The van der Waals surface area contributed by atoms with E-state index < -0.39 is 75.1 Å². The monoisotopic (exact) mass is 484 g/mol. The molecule has 10 nitrogen and oxygen atoms in total. The molecule has 1 atom stereocenters. The summed E-state index contributed by atoms with van der Waals surface area (Å²) in [6.45, 7) is 0. The fourth-order valence-electron chi connectivity index (χ4n) is 3.03. The normalized spacial score (nSPS) is 17.9. The first kappa shape index (κ1) is 24.3. The molecular weight excluding hydrogens is 469 g/mol. The van der Waals surface area contributed by atoms with E-state index in [-0.39, 0.29) is 0 Å². The molecule has 1 aromatic rings. The smallest absolute Gasteiger partial charge is 0.416 e. The number of hydrogen-bond donors (Lipinski definition) is 1. The molecule has 0 aliphatic carbocycles. The Morgan fingerprint density at radius 2 is 1.61 bits per heavy atom. The van der Waals surface area contributed by atoms with E-state index in [1.807, 2.05) is 5.32 Å². The van der Waals surface area contributed by atoms with Gasteiger partial charge >= 0.3 is 12.1 Å². The highest BCUT2D eigenvalue weighted by molar-refractivity contribution is 7.95. The number of alkyl halides is 3. The van der Waals surface area contributed by atoms with E-state index in [1.54, 1.807) is 0 Å². The van der Waals surface area contributed by atoms with E-state index in [0.29, 0.717) is 18.6 Å². The quantitative estimate of drug-likeness (QED) is 0.371. The van der Waals surface area contributed by atoms with Gasteiger partial charge in [-0.2, -0.15) is 13.2 Å². The predicted molar refractivity (Wildman–Crippen MR) is 100 cm³/mol. The molecule has 0 spiro atoms. The van der Waals surface area contributed by atoms with Gasteiger partial charge in [-0.1, -0.05) is 18.2 Å². The fraction of sp³-hybridized carbons (Fsp3) is 0.312. The largest absolute Gasteiger partial charge is 0.466 e. The molecule has 1 N–H and O–H groups in total. The van der Waals surface area contributed by atoms with Crippen molar-refractivity contribution in [1.29, 1.82) is 0 Å². The van der Waals surface area contributed by atoms with Crippen LogP contribution < -0.4 is 5.32 Å². The van der Waals surface area contributed by atoms with Crippen molar-refractivity contribution < 1.29 is 44.5 Å². The molecule has 1 aromatic carbocycles. The Kier molecular flexibility index (Phi) is 6.24. The van der Waals surface area contributed by atoms with Crippen molar-refractivity contribution in [3.63, 3.8) is 0 Å². The number of nitro groups is 1. The number of nitrogens with zero attached hydrogens (tertiary/aromatic N) is 1. The number of carbonyl (C=O) groups is 1. The highest BCUT2D eigenvalue weighted by atomic mass is 32.2. The van der Waals surface area contributed by atoms with Crippen molar-refractivity contribution in [1.82, 2.24) is 5.32 Å². The number of rotatable bonds is 5. The fourth-order valence-corrected chi connectivity index (χ4v) is 4.84. The minimum absolute atomic E-state index is 0.495. The van der Waals surface area contributed by atoms with Crippen LogP contribution in [0.1, 0.15) is 17.0 Å². The van der Waals surface area contributed by atoms with Gasteiger partial charge in [0.2, 0.25) is 5.03 Å². The number of ether oxygens (including phenoxy) is 1. The zero-order chi connectivity index (χ0) is 23.9. The first-order chi connectivity index (χ1) is 14.0. The van der Waals surface area contributed by atoms with Gasteiger partial charge in [-0.3, -0.25) is 10.1 Å². The van der Waals surface area contributed by atoms with Crippen molar-refractivity contribution in [2.24, 2.45) is 0 Å². The third-order valence-corrected chi connectivity index (χ3v) is 6.30. The number of nitrogens with one attached hydrogen (secondary N) is 1. The van der Waals surface area contributed by atoms with Crippen LogP contribution in [-0.4, -0.2) is 47.3 Å². The number of benzene rings is 1. The Bertz CT molecular complexity index is 1230. The van der Waals surface area contributed by atoms with Gasteiger partial charge in [0.1, 0.15) is 10.9 Å². The summed E-state index contributed by atoms with van der Waals surface area (Å²) in [6.07, 6.45) is -4.03. The second-order valence-electron chi connectivity index (χ2n) is 6.39. The predicted octanol–water partition coefficient (Wildman–Crippen LogP) is 1.31. The SMILES string of the molecule is COC(=O)C1=C(S(C)(=O)=O)NC(S(C)(=O)=O)=C([N+](=O)[O-])C1c1ccccc1C(F)(F)F. The number of sulfone groups is 2. The summed E-state index contributed by atoms with van der Waals surface area (Å²) < 4.78 is 94.3. The molecule has 1 aliphatic heterocycles. The highest BCUT2D eigenvalue weighted by Crippen LogP contribution is 2.45. The standard InChI is InChI=1S/C16H15F3N2O8S2/c1-29-15(22)11-10(8-6-4-5-7-9(8)16(17,18)19)12(21(23)24)14(31(3,27)28)20-13(11)30(2,25)26/h4-7,10,20H,1-3H3. The summed E-state index contributed by atoms with van der Waals surface area (Å²) >= 11 is 0. The molecule has 2 rings (SSSR count). The summed E-state index contributed by atoms with van der Waals surface area (Å²) in [5.41, 5.74) is -4.73. The minimum atomic E-state index is -5.07. The van der Waals surface area contributed by atoms with Gasteiger partial charge in [0.15, 0.2) is 19.7 Å². The van der Waals surface area contributed by atoms with Crippen LogP contribution in [0.2, 0.25) is 0 Å². The Hall–Kier alpha value is -2.94. The Labute approximate surface area is 174 Å². The molecule has 15 heteroatoms. The molecule has 0 aromatic heterocycles. The number of carbonyl (C=O) groups excluding carboxylic acids is 1. The lowest BCUT2D eigenvalue weighted by Gasteiger charge is -2.28. The summed E-state index contributed by atoms with van der Waals surface area (Å²) in [5, 5.41) is 11.3. The van der Waals surface area contributed by atoms with E-state index in [9.17, 15) is 44.9 Å². The summed E-state index contributed by atoms with van der Waals surface area (Å²) in [6, 6.07) is 3.38. The molecule has 1 unspecified atom stereocenters. The van der Waals surface area contributed by atoms with Gasteiger partial charge in [0.25, 0.3) is 5.70 Å². The average molecular weight is 484 g/mol. The molecule has 0 amide bonds. The van der Waals surface area contributed by atoms with Gasteiger partial charge in [-0.15, -0.1) is 0 Å². The van der Waals surface area contributed by atoms with Crippen LogP contribution in [0, 0.1) is 10.1 Å². The van der Waals surface area contributed by atoms with Gasteiger partial charge in [0.05, 0.1) is 23.2 Å². The zero-order valence-electron chi connectivity index (χ0n) is 16.1. The molecule has 0 radical (unpaired) electrons. The van der Waals surface area contributed by atoms with Crippen LogP contribution in [0.15, 0.2) is 45.6 Å². The highest BCUT2D eigenvalue weighted by Gasteiger charge is 2.50. The maximum Gasteiger partial charge on any atom is 0.416 e. The van der Waals surface area contributed by atoms with E-state index >= 15 is 0 Å². The second kappa shape index (κ2) is 7.96. The summed E-state index contributed by atoms with van der Waals surface area (Å²) in [4.78, 5) is 23.0. The first-order valence-corrected chi connectivity index (χ1v) is 11.8. The molecule has 0 bridgehead atoms. The van der Waals surface area contributed by atoms with Gasteiger partial charge in [0, 0.05) is 12.5 Å². The van der Waals surface area contributed by atoms with E-state index in [0.717, 1.165) is 25.3 Å². The maximum atomic E-state index is 13.6. The summed E-state index contributed by atoms with van der Waals surface area (Å²) in [7, 11) is -8.28. The molecule has 1 aliphatic rings. The van der Waals surface area contributed by atoms with Crippen LogP contribution in [0.4, 0.5) is 13.2 Å². The van der Waals surface area contributed by atoms with Crippen LogP contribution in [0.25, 0.3) is 0 Å². The lowest BCUT2D eigenvalue weighted by atomic mass is 9.84. The van der Waals surface area contributed by atoms with Gasteiger partial charge in [-0.25, -0.2) is 21.6 Å². The number of esters is 1. The number of dihydropyridines is 1. The molecule has 0 saturated carbocycles. The zero-order valence-corrected chi connectivity index (χ0v) is 17.7. The van der Waals surface area contributed by atoms with E-state index in [1.165, 1.54) is 0 Å². The van der Waals surface area contributed by atoms with Crippen LogP contribution in [0.5, 0.6) is 0 Å². The topological polar surface area (TPSA) is 150 Å². The van der Waals surface area contributed by atoms with Crippen molar-refractivity contribution in [2.75, 3.05) is 19.6 Å². The average Bonchev–Trinajstić information content (AvgIpc) is 2.63. The first-order valence-electron chi connectivity index (χ1n) is 8.06. The Morgan fingerprint density at radius 1 is 1.10 bits per heavy atom. The Morgan fingerprint density at radius 3 is 2.03 bits per heavy atom. The number of hydrogen-bond acceptors (Lipinski definition) is 9. The third-order valence-electron chi connectivity index (χ3n) is 4.19. The van der Waals surface area contributed by atoms with Gasteiger partial charge < -0.3 is 10.1 Å². The van der Waals surface area contributed by atoms with Crippen molar-refractivity contribution in [3.8, 4) is 0 Å². The molecule has 0 saturated heterocycles. The lowest BCUT2D eigenvalue weighted by molar-refractivity contribution is -0.430. The van der Waals surface area contributed by atoms with Crippen molar-refractivity contribution >= 4 is 25.6 Å². The molecule has 170 valence electrons. The van der Waals surface area contributed by atoms with E-state index in [4.69, 9.17) is 0 Å². The van der Waals surface area contributed by atoms with Gasteiger partial charge in [-0.05, 0) is 11.6 Å². The lowest BCUT2D eigenvalue weighted by Crippen LogP contribution is -2.38. The number of methoxy groups -OCH3 is 1. The molecular formula is C16H15F3N2O8S2.